The molecule has 0 radical (unpaired) electrons. The second kappa shape index (κ2) is 5.63. The third kappa shape index (κ3) is 3.53. The van der Waals surface area contributed by atoms with E-state index in [1.807, 2.05) is 11.4 Å². The van der Waals surface area contributed by atoms with E-state index in [9.17, 15) is 4.79 Å². The number of halogens is 2. The van der Waals surface area contributed by atoms with E-state index in [0.717, 1.165) is 10.6 Å². The van der Waals surface area contributed by atoms with Crippen LogP contribution < -0.4 is 0 Å². The molecule has 0 bridgehead atoms. The van der Waals surface area contributed by atoms with Crippen molar-refractivity contribution >= 4 is 40.3 Å². The van der Waals surface area contributed by atoms with Gasteiger partial charge in [-0.3, -0.25) is 4.79 Å². The number of ketones is 1. The molecular weight excluding hydrogens is 277 g/mol. The van der Waals surface area contributed by atoms with Crippen molar-refractivity contribution in [3.63, 3.8) is 0 Å². The highest BCUT2D eigenvalue weighted by Gasteiger charge is 2.08. The maximum atomic E-state index is 11.8. The number of nitrogens with zero attached hydrogens (tertiary/aromatic N) is 1. The number of carbonyl (C=O) groups is 1. The average molecular weight is 286 g/mol. The highest BCUT2D eigenvalue weighted by atomic mass is 35.5. The van der Waals surface area contributed by atoms with Crippen LogP contribution in [0.2, 0.25) is 10.0 Å². The summed E-state index contributed by atoms with van der Waals surface area (Å²) in [4.78, 5) is 15.8. The van der Waals surface area contributed by atoms with Gasteiger partial charge in [0.25, 0.3) is 0 Å². The van der Waals surface area contributed by atoms with Crippen LogP contribution in [0.1, 0.15) is 10.6 Å². The van der Waals surface area contributed by atoms with Gasteiger partial charge in [0, 0.05) is 18.0 Å². The molecule has 1 heterocycles. The molecule has 17 heavy (non-hydrogen) atoms. The molecule has 88 valence electrons. The van der Waals surface area contributed by atoms with Gasteiger partial charge in [0.1, 0.15) is 5.78 Å². The zero-order valence-corrected chi connectivity index (χ0v) is 11.1. The lowest BCUT2D eigenvalue weighted by Crippen LogP contribution is -2.06. The number of carbonyl (C=O) groups excluding carboxylic acids is 1. The number of hydrogen-bond donors (Lipinski definition) is 0. The smallest absolute Gasteiger partial charge is 0.144 e. The topological polar surface area (TPSA) is 30.0 Å². The summed E-state index contributed by atoms with van der Waals surface area (Å²) in [5, 5.41) is 3.69. The summed E-state index contributed by atoms with van der Waals surface area (Å²) in [6.07, 6.45) is 2.43. The van der Waals surface area contributed by atoms with Crippen LogP contribution in [0.25, 0.3) is 0 Å². The highest BCUT2D eigenvalue weighted by molar-refractivity contribution is 7.09. The summed E-state index contributed by atoms with van der Waals surface area (Å²) in [5.41, 5.74) is 0.876. The lowest BCUT2D eigenvalue weighted by atomic mass is 10.1. The van der Waals surface area contributed by atoms with E-state index in [1.165, 1.54) is 11.3 Å². The van der Waals surface area contributed by atoms with Crippen LogP contribution in [0.3, 0.4) is 0 Å². The Morgan fingerprint density at radius 2 is 2.06 bits per heavy atom. The molecule has 0 aliphatic carbocycles. The van der Waals surface area contributed by atoms with Crippen molar-refractivity contribution in [2.75, 3.05) is 0 Å². The molecule has 0 aliphatic heterocycles. The molecule has 1 aromatic heterocycles. The van der Waals surface area contributed by atoms with Crippen LogP contribution in [0.15, 0.2) is 29.8 Å². The first kappa shape index (κ1) is 12.6. The van der Waals surface area contributed by atoms with Crippen molar-refractivity contribution in [1.82, 2.24) is 4.98 Å². The average Bonchev–Trinajstić information content (AvgIpc) is 2.76. The molecule has 0 atom stereocenters. The quantitative estimate of drug-likeness (QED) is 0.855. The lowest BCUT2D eigenvalue weighted by Gasteiger charge is -2.02. The molecule has 0 fully saturated rings. The van der Waals surface area contributed by atoms with E-state index < -0.39 is 0 Å². The monoisotopic (exact) mass is 285 g/mol. The molecular formula is C12H9Cl2NOS. The largest absolute Gasteiger partial charge is 0.299 e. The number of thiazole rings is 1. The highest BCUT2D eigenvalue weighted by Crippen LogP contribution is 2.23. The van der Waals surface area contributed by atoms with Crippen LogP contribution >= 0.6 is 34.5 Å². The van der Waals surface area contributed by atoms with Crippen molar-refractivity contribution < 1.29 is 4.79 Å². The number of benzene rings is 1. The predicted octanol–water partition coefficient (Wildman–Crippen LogP) is 3.80. The van der Waals surface area contributed by atoms with Crippen molar-refractivity contribution in [3.05, 3.63) is 50.4 Å². The van der Waals surface area contributed by atoms with Crippen molar-refractivity contribution in [1.29, 1.82) is 0 Å². The molecule has 2 aromatic rings. The molecule has 2 nitrogen and oxygen atoms in total. The van der Waals surface area contributed by atoms with Gasteiger partial charge < -0.3 is 0 Å². The fourth-order valence-electron chi connectivity index (χ4n) is 1.45. The zero-order valence-electron chi connectivity index (χ0n) is 8.82. The predicted molar refractivity (Wildman–Crippen MR) is 71.0 cm³/mol. The lowest BCUT2D eigenvalue weighted by molar-refractivity contribution is -0.117. The molecule has 0 N–H and O–H groups in total. The fourth-order valence-corrected chi connectivity index (χ4v) is 2.41. The van der Waals surface area contributed by atoms with Crippen molar-refractivity contribution in [2.24, 2.45) is 0 Å². The number of rotatable bonds is 4. The Hall–Kier alpha value is -0.900. The Bertz CT molecular complexity index is 525. The summed E-state index contributed by atoms with van der Waals surface area (Å²) in [6, 6.07) is 5.24. The molecule has 0 saturated carbocycles. The molecule has 0 aliphatic rings. The summed E-state index contributed by atoms with van der Waals surface area (Å²) >= 11 is 13.2. The van der Waals surface area contributed by atoms with Gasteiger partial charge in [-0.05, 0) is 17.7 Å². The fraction of sp³-hybridized carbons (Fsp3) is 0.167. The van der Waals surface area contributed by atoms with Gasteiger partial charge in [0.05, 0.1) is 21.5 Å². The Morgan fingerprint density at radius 3 is 2.71 bits per heavy atom. The molecule has 0 amide bonds. The maximum absolute atomic E-state index is 11.8. The van der Waals surface area contributed by atoms with Crippen LogP contribution in [-0.4, -0.2) is 10.8 Å². The Morgan fingerprint density at radius 1 is 1.24 bits per heavy atom. The molecule has 1 aromatic carbocycles. The van der Waals surface area contributed by atoms with Crippen LogP contribution in [0.4, 0.5) is 0 Å². The standard InChI is InChI=1S/C12H9Cl2NOS/c13-10-2-1-8(6-11(10)14)5-9(16)7-12-15-3-4-17-12/h1-4,6H,5,7H2. The summed E-state index contributed by atoms with van der Waals surface area (Å²) in [7, 11) is 0. The zero-order chi connectivity index (χ0) is 12.3. The van der Waals surface area contributed by atoms with Crippen molar-refractivity contribution in [2.45, 2.75) is 12.8 Å². The third-order valence-corrected chi connectivity index (χ3v) is 3.74. The number of hydrogen-bond acceptors (Lipinski definition) is 3. The molecule has 0 unspecified atom stereocenters. The SMILES string of the molecule is O=C(Cc1ccc(Cl)c(Cl)c1)Cc1nccs1. The van der Waals surface area contributed by atoms with E-state index in [1.54, 1.807) is 18.3 Å². The molecule has 2 rings (SSSR count). The van der Waals surface area contributed by atoms with Gasteiger partial charge in [-0.1, -0.05) is 29.3 Å². The molecule has 0 saturated heterocycles. The van der Waals surface area contributed by atoms with E-state index in [2.05, 4.69) is 4.98 Å². The van der Waals surface area contributed by atoms with Gasteiger partial charge in [0.15, 0.2) is 0 Å². The van der Waals surface area contributed by atoms with Gasteiger partial charge in [0.2, 0.25) is 0 Å². The molecule has 5 heteroatoms. The molecule has 0 spiro atoms. The van der Waals surface area contributed by atoms with Gasteiger partial charge in [-0.2, -0.15) is 0 Å². The van der Waals surface area contributed by atoms with E-state index in [4.69, 9.17) is 23.2 Å². The Labute approximate surface area is 113 Å². The Balaban J connectivity index is 2.00. The normalized spacial score (nSPS) is 10.5. The van der Waals surface area contributed by atoms with Crippen LogP contribution in [-0.2, 0) is 17.6 Å². The Kier molecular flexibility index (Phi) is 4.15. The minimum atomic E-state index is 0.123. The van der Waals surface area contributed by atoms with E-state index in [-0.39, 0.29) is 5.78 Å². The van der Waals surface area contributed by atoms with E-state index >= 15 is 0 Å². The van der Waals surface area contributed by atoms with Crippen LogP contribution in [0.5, 0.6) is 0 Å². The van der Waals surface area contributed by atoms with Gasteiger partial charge in [-0.15, -0.1) is 11.3 Å². The second-order valence-electron chi connectivity index (χ2n) is 3.57. The first-order valence-electron chi connectivity index (χ1n) is 4.99. The number of aromatic nitrogens is 1. The maximum Gasteiger partial charge on any atom is 0.144 e. The first-order chi connectivity index (χ1) is 8.15. The summed E-state index contributed by atoms with van der Waals surface area (Å²) < 4.78 is 0. The van der Waals surface area contributed by atoms with Crippen molar-refractivity contribution in [3.8, 4) is 0 Å². The van der Waals surface area contributed by atoms with Gasteiger partial charge in [-0.25, -0.2) is 4.98 Å². The number of Topliss-reactive ketones (excluding diaryl/α,β-unsaturated/α-hetero) is 1. The van der Waals surface area contributed by atoms with Crippen LogP contribution in [0, 0.1) is 0 Å². The minimum absolute atomic E-state index is 0.123. The third-order valence-electron chi connectivity index (χ3n) is 2.22. The summed E-state index contributed by atoms with van der Waals surface area (Å²) in [5.74, 6) is 0.123. The minimum Gasteiger partial charge on any atom is -0.299 e. The summed E-state index contributed by atoms with van der Waals surface area (Å²) in [6.45, 7) is 0. The first-order valence-corrected chi connectivity index (χ1v) is 6.62. The second-order valence-corrected chi connectivity index (χ2v) is 5.36. The van der Waals surface area contributed by atoms with E-state index in [0.29, 0.717) is 22.9 Å². The van der Waals surface area contributed by atoms with Gasteiger partial charge >= 0.3 is 0 Å².